The first kappa shape index (κ1) is 10.0. The summed E-state index contributed by atoms with van der Waals surface area (Å²) in [7, 11) is 0. The zero-order valence-corrected chi connectivity index (χ0v) is 8.26. The maximum atomic E-state index is 5.51. The molecule has 0 saturated carbocycles. The monoisotopic (exact) mass is 170 g/mol. The van der Waals surface area contributed by atoms with Gasteiger partial charge in [-0.3, -0.25) is 0 Å². The molecular formula is C10H22N2. The molecule has 0 aromatic rings. The molecule has 2 N–H and O–H groups in total. The van der Waals surface area contributed by atoms with E-state index in [0.717, 1.165) is 12.6 Å². The van der Waals surface area contributed by atoms with E-state index in [1.54, 1.807) is 0 Å². The SMILES string of the molecule is CCCN1CCC[C@@H]1CCCN. The largest absolute Gasteiger partial charge is 0.330 e. The second-order valence-corrected chi connectivity index (χ2v) is 3.76. The molecule has 2 nitrogen and oxygen atoms in total. The van der Waals surface area contributed by atoms with Gasteiger partial charge in [-0.25, -0.2) is 0 Å². The fraction of sp³-hybridized carbons (Fsp3) is 1.00. The van der Waals surface area contributed by atoms with Crippen LogP contribution in [0.4, 0.5) is 0 Å². The highest BCUT2D eigenvalue weighted by Gasteiger charge is 2.22. The summed E-state index contributed by atoms with van der Waals surface area (Å²) in [5, 5.41) is 0. The summed E-state index contributed by atoms with van der Waals surface area (Å²) in [5.41, 5.74) is 5.51. The normalized spacial score (nSPS) is 25.0. The zero-order valence-electron chi connectivity index (χ0n) is 8.26. The Morgan fingerprint density at radius 1 is 1.50 bits per heavy atom. The minimum atomic E-state index is 0.855. The van der Waals surface area contributed by atoms with Gasteiger partial charge in [0.1, 0.15) is 0 Å². The minimum absolute atomic E-state index is 0.855. The van der Waals surface area contributed by atoms with Crippen LogP contribution in [0, 0.1) is 0 Å². The molecule has 1 aliphatic heterocycles. The summed E-state index contributed by atoms with van der Waals surface area (Å²) in [6.45, 7) is 5.73. The molecule has 1 heterocycles. The zero-order chi connectivity index (χ0) is 8.81. The van der Waals surface area contributed by atoms with Gasteiger partial charge in [-0.2, -0.15) is 0 Å². The minimum Gasteiger partial charge on any atom is -0.330 e. The Bertz CT molecular complexity index is 114. The number of hydrogen-bond acceptors (Lipinski definition) is 2. The van der Waals surface area contributed by atoms with Gasteiger partial charge in [0.2, 0.25) is 0 Å². The maximum Gasteiger partial charge on any atom is 0.00962 e. The van der Waals surface area contributed by atoms with Crippen molar-refractivity contribution in [2.45, 2.75) is 45.1 Å². The Labute approximate surface area is 76.1 Å². The first-order valence-corrected chi connectivity index (χ1v) is 5.32. The van der Waals surface area contributed by atoms with Gasteiger partial charge in [0.25, 0.3) is 0 Å². The van der Waals surface area contributed by atoms with Gasteiger partial charge in [-0.15, -0.1) is 0 Å². The van der Waals surface area contributed by atoms with E-state index in [1.807, 2.05) is 0 Å². The Balaban J connectivity index is 2.20. The van der Waals surface area contributed by atoms with E-state index in [1.165, 1.54) is 45.2 Å². The summed E-state index contributed by atoms with van der Waals surface area (Å²) >= 11 is 0. The van der Waals surface area contributed by atoms with Crippen molar-refractivity contribution in [1.82, 2.24) is 4.90 Å². The molecule has 0 aromatic heterocycles. The summed E-state index contributed by atoms with van der Waals surface area (Å²) in [4.78, 5) is 2.63. The Hall–Kier alpha value is -0.0800. The lowest BCUT2D eigenvalue weighted by atomic mass is 10.1. The third kappa shape index (κ3) is 2.76. The van der Waals surface area contributed by atoms with Crippen LogP contribution in [0.5, 0.6) is 0 Å². The van der Waals surface area contributed by atoms with Gasteiger partial charge in [0.15, 0.2) is 0 Å². The van der Waals surface area contributed by atoms with Gasteiger partial charge in [-0.1, -0.05) is 6.92 Å². The second-order valence-electron chi connectivity index (χ2n) is 3.76. The van der Waals surface area contributed by atoms with E-state index < -0.39 is 0 Å². The van der Waals surface area contributed by atoms with E-state index >= 15 is 0 Å². The fourth-order valence-electron chi connectivity index (χ4n) is 2.16. The molecule has 0 aliphatic carbocycles. The van der Waals surface area contributed by atoms with Crippen LogP contribution >= 0.6 is 0 Å². The van der Waals surface area contributed by atoms with E-state index in [4.69, 9.17) is 5.73 Å². The first-order chi connectivity index (χ1) is 5.88. The average molecular weight is 170 g/mol. The molecule has 0 unspecified atom stereocenters. The molecular weight excluding hydrogens is 148 g/mol. The number of nitrogens with zero attached hydrogens (tertiary/aromatic N) is 1. The molecule has 2 heteroatoms. The highest BCUT2D eigenvalue weighted by atomic mass is 15.2. The van der Waals surface area contributed by atoms with E-state index in [9.17, 15) is 0 Å². The molecule has 12 heavy (non-hydrogen) atoms. The van der Waals surface area contributed by atoms with Crippen molar-refractivity contribution in [1.29, 1.82) is 0 Å². The van der Waals surface area contributed by atoms with Crippen LogP contribution in [0.25, 0.3) is 0 Å². The molecule has 1 atom stereocenters. The number of hydrogen-bond donors (Lipinski definition) is 1. The smallest absolute Gasteiger partial charge is 0.00962 e. The van der Waals surface area contributed by atoms with Gasteiger partial charge in [-0.05, 0) is 51.7 Å². The number of nitrogens with two attached hydrogens (primary N) is 1. The molecule has 72 valence electrons. The van der Waals surface area contributed by atoms with E-state index in [2.05, 4.69) is 11.8 Å². The van der Waals surface area contributed by atoms with Crippen LogP contribution in [-0.4, -0.2) is 30.6 Å². The molecule has 1 aliphatic rings. The molecule has 0 bridgehead atoms. The summed E-state index contributed by atoms with van der Waals surface area (Å²) in [6.07, 6.45) is 6.61. The van der Waals surface area contributed by atoms with Crippen molar-refractivity contribution in [2.75, 3.05) is 19.6 Å². The Morgan fingerprint density at radius 2 is 2.33 bits per heavy atom. The van der Waals surface area contributed by atoms with E-state index in [0.29, 0.717) is 0 Å². The van der Waals surface area contributed by atoms with E-state index in [-0.39, 0.29) is 0 Å². The van der Waals surface area contributed by atoms with Gasteiger partial charge in [0, 0.05) is 6.04 Å². The average Bonchev–Trinajstić information content (AvgIpc) is 2.50. The van der Waals surface area contributed by atoms with Crippen LogP contribution in [0.15, 0.2) is 0 Å². The molecule has 0 aromatic carbocycles. The van der Waals surface area contributed by atoms with Crippen LogP contribution in [0.2, 0.25) is 0 Å². The lowest BCUT2D eigenvalue weighted by molar-refractivity contribution is 0.241. The fourth-order valence-corrected chi connectivity index (χ4v) is 2.16. The van der Waals surface area contributed by atoms with Crippen LogP contribution < -0.4 is 5.73 Å². The van der Waals surface area contributed by atoms with Crippen molar-refractivity contribution in [2.24, 2.45) is 5.73 Å². The lowest BCUT2D eigenvalue weighted by Gasteiger charge is -2.23. The molecule has 1 rings (SSSR count). The molecule has 1 saturated heterocycles. The first-order valence-electron chi connectivity index (χ1n) is 5.32. The predicted octanol–water partition coefficient (Wildman–Crippen LogP) is 1.60. The van der Waals surface area contributed by atoms with Gasteiger partial charge in [0.05, 0.1) is 0 Å². The Kier molecular flexibility index (Phi) is 4.62. The van der Waals surface area contributed by atoms with Crippen molar-refractivity contribution in [3.8, 4) is 0 Å². The molecule has 0 spiro atoms. The maximum absolute atomic E-state index is 5.51. The quantitative estimate of drug-likeness (QED) is 0.679. The molecule has 0 radical (unpaired) electrons. The van der Waals surface area contributed by atoms with Gasteiger partial charge < -0.3 is 10.6 Å². The Morgan fingerprint density at radius 3 is 3.00 bits per heavy atom. The second kappa shape index (κ2) is 5.55. The lowest BCUT2D eigenvalue weighted by Crippen LogP contribution is -2.30. The van der Waals surface area contributed by atoms with Crippen molar-refractivity contribution < 1.29 is 0 Å². The highest BCUT2D eigenvalue weighted by molar-refractivity contribution is 4.78. The standard InChI is InChI=1S/C10H22N2/c1-2-8-12-9-4-6-10(12)5-3-7-11/h10H,2-9,11H2,1H3/t10-/m0/s1. The van der Waals surface area contributed by atoms with Crippen molar-refractivity contribution >= 4 is 0 Å². The van der Waals surface area contributed by atoms with Crippen molar-refractivity contribution in [3.63, 3.8) is 0 Å². The number of rotatable bonds is 5. The highest BCUT2D eigenvalue weighted by Crippen LogP contribution is 2.20. The summed E-state index contributed by atoms with van der Waals surface area (Å²) < 4.78 is 0. The predicted molar refractivity (Wildman–Crippen MR) is 53.2 cm³/mol. The van der Waals surface area contributed by atoms with Crippen LogP contribution in [-0.2, 0) is 0 Å². The van der Waals surface area contributed by atoms with Gasteiger partial charge >= 0.3 is 0 Å². The molecule has 1 fully saturated rings. The third-order valence-electron chi connectivity index (χ3n) is 2.75. The summed E-state index contributed by atoms with van der Waals surface area (Å²) in [5.74, 6) is 0. The van der Waals surface area contributed by atoms with Crippen LogP contribution in [0.3, 0.4) is 0 Å². The van der Waals surface area contributed by atoms with Crippen LogP contribution in [0.1, 0.15) is 39.0 Å². The summed E-state index contributed by atoms with van der Waals surface area (Å²) in [6, 6.07) is 0.855. The topological polar surface area (TPSA) is 29.3 Å². The molecule has 0 amide bonds. The van der Waals surface area contributed by atoms with Crippen molar-refractivity contribution in [3.05, 3.63) is 0 Å². The number of likely N-dealkylation sites (tertiary alicyclic amines) is 1. The third-order valence-corrected chi connectivity index (χ3v) is 2.75.